The maximum Gasteiger partial charge on any atom is 0.243 e. The van der Waals surface area contributed by atoms with Gasteiger partial charge in [0.2, 0.25) is 15.9 Å². The molecule has 1 fully saturated rings. The first-order chi connectivity index (χ1) is 11.5. The summed E-state index contributed by atoms with van der Waals surface area (Å²) in [6.07, 6.45) is 0.145. The van der Waals surface area contributed by atoms with E-state index in [0.717, 1.165) is 0 Å². The first-order valence-corrected chi connectivity index (χ1v) is 9.27. The molecular formula is C15H24ClN3O5S. The highest BCUT2D eigenvalue weighted by Crippen LogP contribution is 2.29. The molecule has 1 saturated heterocycles. The second-order valence-electron chi connectivity index (χ2n) is 5.19. The molecule has 8 nitrogen and oxygen atoms in total. The summed E-state index contributed by atoms with van der Waals surface area (Å²) < 4.78 is 37.5. The Kier molecular flexibility index (Phi) is 8.60. The van der Waals surface area contributed by atoms with Gasteiger partial charge in [0.05, 0.1) is 30.4 Å². The topological polar surface area (TPSA) is 111 Å². The van der Waals surface area contributed by atoms with Crippen molar-refractivity contribution < 1.29 is 22.7 Å². The first-order valence-electron chi connectivity index (χ1n) is 7.83. The average Bonchev–Trinajstić information content (AvgIpc) is 2.57. The van der Waals surface area contributed by atoms with Gasteiger partial charge in [-0.2, -0.15) is 4.31 Å². The Balaban J connectivity index is 0.00000312. The molecule has 0 aromatic heterocycles. The molecule has 0 spiro atoms. The van der Waals surface area contributed by atoms with Gasteiger partial charge in [-0.25, -0.2) is 8.42 Å². The van der Waals surface area contributed by atoms with Crippen molar-refractivity contribution in [3.05, 3.63) is 18.2 Å². The molecule has 1 heterocycles. The van der Waals surface area contributed by atoms with E-state index < -0.39 is 10.0 Å². The van der Waals surface area contributed by atoms with E-state index in [0.29, 0.717) is 44.3 Å². The predicted molar refractivity (Wildman–Crippen MR) is 96.7 cm³/mol. The summed E-state index contributed by atoms with van der Waals surface area (Å²) in [7, 11) is -3.64. The zero-order chi connectivity index (χ0) is 17.6. The van der Waals surface area contributed by atoms with Crippen LogP contribution in [0.1, 0.15) is 13.3 Å². The molecule has 1 aliphatic rings. The highest BCUT2D eigenvalue weighted by atomic mass is 35.5. The van der Waals surface area contributed by atoms with Crippen LogP contribution < -0.4 is 15.8 Å². The maximum atomic E-state index is 12.7. The smallest absolute Gasteiger partial charge is 0.243 e. The van der Waals surface area contributed by atoms with E-state index in [9.17, 15) is 13.2 Å². The van der Waals surface area contributed by atoms with Crippen molar-refractivity contribution in [1.82, 2.24) is 4.31 Å². The summed E-state index contributed by atoms with van der Waals surface area (Å²) in [4.78, 5) is 11.9. The number of ether oxygens (including phenoxy) is 2. The lowest BCUT2D eigenvalue weighted by atomic mass is 10.2. The molecular weight excluding hydrogens is 370 g/mol. The lowest BCUT2D eigenvalue weighted by molar-refractivity contribution is -0.116. The van der Waals surface area contributed by atoms with Crippen molar-refractivity contribution in [2.75, 3.05) is 44.8 Å². The predicted octanol–water partition coefficient (Wildman–Crippen LogP) is 0.815. The fraction of sp³-hybridized carbons (Fsp3) is 0.533. The van der Waals surface area contributed by atoms with E-state index in [-0.39, 0.29) is 36.2 Å². The van der Waals surface area contributed by atoms with Crippen molar-refractivity contribution in [3.8, 4) is 5.75 Å². The van der Waals surface area contributed by atoms with Crippen LogP contribution in [0.2, 0.25) is 0 Å². The van der Waals surface area contributed by atoms with Gasteiger partial charge in [0.15, 0.2) is 0 Å². The number of halogens is 1. The summed E-state index contributed by atoms with van der Waals surface area (Å²) >= 11 is 0. The number of rotatable bonds is 7. The monoisotopic (exact) mass is 393 g/mol. The number of carbonyl (C=O) groups excluding carboxylic acids is 1. The van der Waals surface area contributed by atoms with Gasteiger partial charge in [0, 0.05) is 26.1 Å². The fourth-order valence-electron chi connectivity index (χ4n) is 2.33. The van der Waals surface area contributed by atoms with Gasteiger partial charge in [0.1, 0.15) is 5.75 Å². The van der Waals surface area contributed by atoms with Gasteiger partial charge in [-0.15, -0.1) is 12.4 Å². The molecule has 142 valence electrons. The Morgan fingerprint density at radius 3 is 2.64 bits per heavy atom. The number of carbonyl (C=O) groups is 1. The molecule has 1 aliphatic heterocycles. The van der Waals surface area contributed by atoms with E-state index >= 15 is 0 Å². The van der Waals surface area contributed by atoms with E-state index in [1.807, 2.05) is 6.92 Å². The summed E-state index contributed by atoms with van der Waals surface area (Å²) in [6.45, 7) is 3.78. The number of hydrogen-bond acceptors (Lipinski definition) is 6. The van der Waals surface area contributed by atoms with Crippen LogP contribution in [0.3, 0.4) is 0 Å². The van der Waals surface area contributed by atoms with Crippen LogP contribution in [-0.2, 0) is 19.6 Å². The van der Waals surface area contributed by atoms with Crippen LogP contribution in [0.4, 0.5) is 5.69 Å². The SMILES string of the molecule is CCOc1ccc(S(=O)(=O)N2CCOCC2)cc1NC(=O)CCN.Cl. The summed E-state index contributed by atoms with van der Waals surface area (Å²) in [5.74, 6) is 0.128. The molecule has 0 bridgehead atoms. The Morgan fingerprint density at radius 2 is 2.04 bits per heavy atom. The highest BCUT2D eigenvalue weighted by Gasteiger charge is 2.27. The Bertz CT molecular complexity index is 678. The first kappa shape index (κ1) is 21.7. The van der Waals surface area contributed by atoms with Gasteiger partial charge in [0.25, 0.3) is 0 Å². The number of amides is 1. The third kappa shape index (κ3) is 5.55. The average molecular weight is 394 g/mol. The van der Waals surface area contributed by atoms with Crippen LogP contribution in [0.25, 0.3) is 0 Å². The molecule has 0 atom stereocenters. The molecule has 25 heavy (non-hydrogen) atoms. The largest absolute Gasteiger partial charge is 0.492 e. The number of morpholine rings is 1. The van der Waals surface area contributed by atoms with Crippen LogP contribution >= 0.6 is 12.4 Å². The normalized spacial score (nSPS) is 15.3. The second kappa shape index (κ2) is 9.93. The van der Waals surface area contributed by atoms with Crippen molar-refractivity contribution in [2.45, 2.75) is 18.2 Å². The van der Waals surface area contributed by atoms with Gasteiger partial charge >= 0.3 is 0 Å². The van der Waals surface area contributed by atoms with E-state index in [4.69, 9.17) is 15.2 Å². The lowest BCUT2D eigenvalue weighted by Crippen LogP contribution is -2.40. The number of nitrogens with one attached hydrogen (secondary N) is 1. The maximum absolute atomic E-state index is 12.7. The molecule has 1 aromatic carbocycles. The van der Waals surface area contributed by atoms with Crippen molar-refractivity contribution in [3.63, 3.8) is 0 Å². The van der Waals surface area contributed by atoms with Crippen LogP contribution in [0, 0.1) is 0 Å². The molecule has 3 N–H and O–H groups in total. The number of sulfonamides is 1. The Labute approximate surface area is 154 Å². The Hall–Kier alpha value is -1.39. The third-order valence-electron chi connectivity index (χ3n) is 3.50. The van der Waals surface area contributed by atoms with Crippen molar-refractivity contribution in [2.24, 2.45) is 5.73 Å². The zero-order valence-corrected chi connectivity index (χ0v) is 15.7. The van der Waals surface area contributed by atoms with Crippen LogP contribution in [0.15, 0.2) is 23.1 Å². The minimum absolute atomic E-state index is 0. The zero-order valence-electron chi connectivity index (χ0n) is 14.1. The van der Waals surface area contributed by atoms with Crippen LogP contribution in [0.5, 0.6) is 5.75 Å². The Morgan fingerprint density at radius 1 is 1.36 bits per heavy atom. The second-order valence-corrected chi connectivity index (χ2v) is 7.13. The van der Waals surface area contributed by atoms with E-state index in [1.165, 1.54) is 16.4 Å². The summed E-state index contributed by atoms with van der Waals surface area (Å²) in [5, 5.41) is 2.66. The number of nitrogens with zero attached hydrogens (tertiary/aromatic N) is 1. The third-order valence-corrected chi connectivity index (χ3v) is 5.40. The molecule has 2 rings (SSSR count). The number of benzene rings is 1. The molecule has 0 unspecified atom stereocenters. The fourth-order valence-corrected chi connectivity index (χ4v) is 3.76. The number of hydrogen-bond donors (Lipinski definition) is 2. The molecule has 1 aromatic rings. The molecule has 0 radical (unpaired) electrons. The van der Waals surface area contributed by atoms with Gasteiger partial charge in [-0.05, 0) is 25.1 Å². The highest BCUT2D eigenvalue weighted by molar-refractivity contribution is 7.89. The van der Waals surface area contributed by atoms with E-state index in [2.05, 4.69) is 5.32 Å². The molecule has 1 amide bonds. The van der Waals surface area contributed by atoms with Gasteiger partial charge in [-0.3, -0.25) is 4.79 Å². The lowest BCUT2D eigenvalue weighted by Gasteiger charge is -2.26. The minimum Gasteiger partial charge on any atom is -0.492 e. The van der Waals surface area contributed by atoms with Crippen molar-refractivity contribution >= 4 is 34.0 Å². The minimum atomic E-state index is -3.64. The van der Waals surface area contributed by atoms with Crippen molar-refractivity contribution in [1.29, 1.82) is 0 Å². The van der Waals surface area contributed by atoms with Gasteiger partial charge in [-0.1, -0.05) is 0 Å². The summed E-state index contributed by atoms with van der Waals surface area (Å²) in [5.41, 5.74) is 5.69. The molecule has 0 saturated carbocycles. The quantitative estimate of drug-likeness (QED) is 0.709. The van der Waals surface area contributed by atoms with E-state index in [1.54, 1.807) is 6.07 Å². The number of anilines is 1. The molecule has 10 heteroatoms. The molecule has 0 aliphatic carbocycles. The van der Waals surface area contributed by atoms with Gasteiger partial charge < -0.3 is 20.5 Å². The number of nitrogens with two attached hydrogens (primary N) is 1. The summed E-state index contributed by atoms with van der Waals surface area (Å²) in [6, 6.07) is 4.45. The van der Waals surface area contributed by atoms with Crippen LogP contribution in [-0.4, -0.2) is 58.1 Å². The standard InChI is InChI=1S/C15H23N3O5S.ClH/c1-2-23-14-4-3-12(11-13(14)17-15(19)5-6-16)24(20,21)18-7-9-22-10-8-18;/h3-4,11H,2,5-10,16H2,1H3,(H,17,19);1H.